The largest absolute Gasteiger partial charge is 0.455 e. The molecular weight excluding hydrogens is 332 g/mol. The number of rotatable bonds is 8. The Kier molecular flexibility index (Phi) is 7.18. The van der Waals surface area contributed by atoms with Gasteiger partial charge in [0.25, 0.3) is 5.91 Å². The van der Waals surface area contributed by atoms with Gasteiger partial charge in [-0.15, -0.1) is 0 Å². The summed E-state index contributed by atoms with van der Waals surface area (Å²) < 4.78 is 5.32. The van der Waals surface area contributed by atoms with E-state index in [0.29, 0.717) is 6.54 Å². The van der Waals surface area contributed by atoms with E-state index in [2.05, 4.69) is 10.6 Å². The van der Waals surface area contributed by atoms with Gasteiger partial charge in [0.05, 0.1) is 5.41 Å². The van der Waals surface area contributed by atoms with Gasteiger partial charge in [-0.2, -0.15) is 0 Å². The average molecular weight is 360 g/mol. The first-order valence-corrected chi connectivity index (χ1v) is 9.29. The molecule has 0 unspecified atom stereocenters. The summed E-state index contributed by atoms with van der Waals surface area (Å²) in [5, 5.41) is 5.27. The zero-order chi connectivity index (χ0) is 19.0. The Morgan fingerprint density at radius 2 is 1.81 bits per heavy atom. The highest BCUT2D eigenvalue weighted by Gasteiger charge is 2.44. The predicted molar refractivity (Wildman–Crippen MR) is 98.5 cm³/mol. The molecule has 1 aromatic rings. The standard InChI is InChI=1S/C20H28N2O4/c1-3-13-21-18(24)15(2)22-17(23)14-26-19(25)20(11-7-8-12-20)16-9-5-4-6-10-16/h4-6,9-10,15H,3,7-8,11-14H2,1-2H3,(H,21,24)(H,22,23)/t15-/m0/s1. The van der Waals surface area contributed by atoms with Gasteiger partial charge in [0.1, 0.15) is 6.04 Å². The van der Waals surface area contributed by atoms with Crippen LogP contribution in [0.15, 0.2) is 30.3 Å². The summed E-state index contributed by atoms with van der Waals surface area (Å²) in [6, 6.07) is 8.94. The summed E-state index contributed by atoms with van der Waals surface area (Å²) in [5.41, 5.74) is 0.279. The summed E-state index contributed by atoms with van der Waals surface area (Å²) in [7, 11) is 0. The number of hydrogen-bond acceptors (Lipinski definition) is 4. The number of hydrogen-bond donors (Lipinski definition) is 2. The highest BCUT2D eigenvalue weighted by atomic mass is 16.5. The summed E-state index contributed by atoms with van der Waals surface area (Å²) in [4.78, 5) is 36.6. The molecule has 6 nitrogen and oxygen atoms in total. The van der Waals surface area contributed by atoms with Crippen LogP contribution in [0.1, 0.15) is 51.5 Å². The van der Waals surface area contributed by atoms with Crippen LogP contribution in [-0.4, -0.2) is 37.0 Å². The van der Waals surface area contributed by atoms with Crippen molar-refractivity contribution in [3.8, 4) is 0 Å². The second-order valence-corrected chi connectivity index (χ2v) is 6.81. The monoisotopic (exact) mass is 360 g/mol. The van der Waals surface area contributed by atoms with Gasteiger partial charge in [-0.25, -0.2) is 0 Å². The maximum Gasteiger partial charge on any atom is 0.317 e. The first-order chi connectivity index (χ1) is 12.5. The third-order valence-electron chi connectivity index (χ3n) is 4.83. The van der Waals surface area contributed by atoms with Gasteiger partial charge in [0, 0.05) is 6.54 Å². The quantitative estimate of drug-likeness (QED) is 0.695. The van der Waals surface area contributed by atoms with Crippen molar-refractivity contribution in [1.82, 2.24) is 10.6 Å². The van der Waals surface area contributed by atoms with E-state index in [0.717, 1.165) is 37.7 Å². The van der Waals surface area contributed by atoms with Crippen LogP contribution in [0, 0.1) is 0 Å². The average Bonchev–Trinajstić information content (AvgIpc) is 3.16. The van der Waals surface area contributed by atoms with Crippen LogP contribution in [0.5, 0.6) is 0 Å². The zero-order valence-corrected chi connectivity index (χ0v) is 15.5. The lowest BCUT2D eigenvalue weighted by Crippen LogP contribution is -2.46. The Balaban J connectivity index is 1.90. The van der Waals surface area contributed by atoms with Crippen molar-refractivity contribution in [2.24, 2.45) is 0 Å². The topological polar surface area (TPSA) is 84.5 Å². The molecule has 142 valence electrons. The second-order valence-electron chi connectivity index (χ2n) is 6.81. The van der Waals surface area contributed by atoms with Crippen LogP contribution in [-0.2, 0) is 24.5 Å². The van der Waals surface area contributed by atoms with E-state index >= 15 is 0 Å². The molecule has 1 fully saturated rings. The molecule has 1 atom stereocenters. The smallest absolute Gasteiger partial charge is 0.317 e. The van der Waals surface area contributed by atoms with Crippen LogP contribution >= 0.6 is 0 Å². The predicted octanol–water partition coefficient (Wildman–Crippen LogP) is 2.07. The molecule has 1 aliphatic carbocycles. The van der Waals surface area contributed by atoms with E-state index in [1.807, 2.05) is 37.3 Å². The van der Waals surface area contributed by atoms with Crippen LogP contribution in [0.2, 0.25) is 0 Å². The van der Waals surface area contributed by atoms with E-state index in [9.17, 15) is 14.4 Å². The Hall–Kier alpha value is -2.37. The molecule has 0 saturated heterocycles. The number of carbonyl (C=O) groups excluding carboxylic acids is 3. The Morgan fingerprint density at radius 3 is 2.42 bits per heavy atom. The summed E-state index contributed by atoms with van der Waals surface area (Å²) in [6.07, 6.45) is 4.21. The summed E-state index contributed by atoms with van der Waals surface area (Å²) >= 11 is 0. The normalized spacial score (nSPS) is 16.5. The molecular formula is C20H28N2O4. The lowest BCUT2D eigenvalue weighted by Gasteiger charge is -2.27. The molecule has 1 aromatic carbocycles. The minimum atomic E-state index is -0.665. The fourth-order valence-corrected chi connectivity index (χ4v) is 3.37. The fraction of sp³-hybridized carbons (Fsp3) is 0.550. The van der Waals surface area contributed by atoms with Crippen LogP contribution in [0.25, 0.3) is 0 Å². The lowest BCUT2D eigenvalue weighted by molar-refractivity contribution is -0.154. The summed E-state index contributed by atoms with van der Waals surface area (Å²) in [5.74, 6) is -1.08. The van der Waals surface area contributed by atoms with Gasteiger partial charge < -0.3 is 15.4 Å². The highest BCUT2D eigenvalue weighted by Crippen LogP contribution is 2.42. The highest BCUT2D eigenvalue weighted by molar-refractivity contribution is 5.90. The van der Waals surface area contributed by atoms with Gasteiger partial charge in [-0.05, 0) is 31.7 Å². The van der Waals surface area contributed by atoms with Crippen molar-refractivity contribution < 1.29 is 19.1 Å². The molecule has 0 bridgehead atoms. The van der Waals surface area contributed by atoms with Gasteiger partial charge in [-0.3, -0.25) is 14.4 Å². The maximum absolute atomic E-state index is 12.8. The van der Waals surface area contributed by atoms with E-state index in [-0.39, 0.29) is 18.5 Å². The first kappa shape index (κ1) is 19.9. The molecule has 1 aliphatic rings. The number of ether oxygens (including phenoxy) is 1. The molecule has 6 heteroatoms. The van der Waals surface area contributed by atoms with Crippen molar-refractivity contribution in [3.05, 3.63) is 35.9 Å². The molecule has 26 heavy (non-hydrogen) atoms. The molecule has 2 rings (SSSR count). The van der Waals surface area contributed by atoms with Crippen molar-refractivity contribution in [3.63, 3.8) is 0 Å². The SMILES string of the molecule is CCCNC(=O)[C@H](C)NC(=O)COC(=O)C1(c2ccccc2)CCCC1. The van der Waals surface area contributed by atoms with E-state index in [4.69, 9.17) is 4.74 Å². The molecule has 2 amide bonds. The number of amides is 2. The molecule has 0 aliphatic heterocycles. The molecule has 1 saturated carbocycles. The number of carbonyl (C=O) groups is 3. The van der Waals surface area contributed by atoms with Crippen LogP contribution in [0.4, 0.5) is 0 Å². The van der Waals surface area contributed by atoms with Gasteiger partial charge in [0.15, 0.2) is 6.61 Å². The maximum atomic E-state index is 12.8. The third-order valence-corrected chi connectivity index (χ3v) is 4.83. The zero-order valence-electron chi connectivity index (χ0n) is 15.5. The number of esters is 1. The molecule has 0 aromatic heterocycles. The lowest BCUT2D eigenvalue weighted by atomic mass is 9.79. The van der Waals surface area contributed by atoms with Gasteiger partial charge in [-0.1, -0.05) is 50.1 Å². The minimum absolute atomic E-state index is 0.247. The van der Waals surface area contributed by atoms with Gasteiger partial charge in [0.2, 0.25) is 5.91 Å². The Labute approximate surface area is 154 Å². The fourth-order valence-electron chi connectivity index (χ4n) is 3.37. The molecule has 0 radical (unpaired) electrons. The molecule has 0 heterocycles. The van der Waals surface area contributed by atoms with E-state index in [1.165, 1.54) is 0 Å². The van der Waals surface area contributed by atoms with Crippen LogP contribution < -0.4 is 10.6 Å². The molecule has 2 N–H and O–H groups in total. The first-order valence-electron chi connectivity index (χ1n) is 9.29. The van der Waals surface area contributed by atoms with Crippen molar-refractivity contribution in [2.45, 2.75) is 57.4 Å². The second kappa shape index (κ2) is 9.36. The number of nitrogens with one attached hydrogen (secondary N) is 2. The van der Waals surface area contributed by atoms with Crippen molar-refractivity contribution in [1.29, 1.82) is 0 Å². The third kappa shape index (κ3) is 4.84. The van der Waals surface area contributed by atoms with E-state index < -0.39 is 17.4 Å². The van der Waals surface area contributed by atoms with Crippen LogP contribution in [0.3, 0.4) is 0 Å². The summed E-state index contributed by atoms with van der Waals surface area (Å²) in [6.45, 7) is 3.74. The van der Waals surface area contributed by atoms with E-state index in [1.54, 1.807) is 6.92 Å². The Morgan fingerprint density at radius 1 is 1.15 bits per heavy atom. The molecule has 0 spiro atoms. The minimum Gasteiger partial charge on any atom is -0.455 e. The Bertz CT molecular complexity index is 624. The number of benzene rings is 1. The van der Waals surface area contributed by atoms with Crippen molar-refractivity contribution in [2.75, 3.05) is 13.2 Å². The van der Waals surface area contributed by atoms with Gasteiger partial charge >= 0.3 is 5.97 Å². The van der Waals surface area contributed by atoms with Crippen molar-refractivity contribution >= 4 is 17.8 Å².